The molecule has 0 atom stereocenters. The fourth-order valence-electron chi connectivity index (χ4n) is 1.99. The highest BCUT2D eigenvalue weighted by molar-refractivity contribution is 5.70. The number of hydrogen-bond donors (Lipinski definition) is 1. The molecule has 0 saturated carbocycles. The van der Waals surface area contributed by atoms with Crippen LogP contribution in [0.4, 0.5) is 0 Å². The molecule has 5 heteroatoms. The Bertz CT molecular complexity index is 441. The van der Waals surface area contributed by atoms with Gasteiger partial charge in [-0.2, -0.15) is 0 Å². The lowest BCUT2D eigenvalue weighted by molar-refractivity contribution is -0.136. The highest BCUT2D eigenvalue weighted by atomic mass is 16.5. The molecule has 1 aromatic rings. The number of methoxy groups -OCH3 is 1. The van der Waals surface area contributed by atoms with Gasteiger partial charge in [0, 0.05) is 13.1 Å². The molecule has 0 radical (unpaired) electrons. The predicted octanol–water partition coefficient (Wildman–Crippen LogP) is 1.02. The second kappa shape index (κ2) is 5.27. The van der Waals surface area contributed by atoms with E-state index in [0.29, 0.717) is 17.1 Å². The van der Waals surface area contributed by atoms with Crippen molar-refractivity contribution in [3.63, 3.8) is 0 Å². The number of ether oxygens (including phenoxy) is 2. The third-order valence-electron chi connectivity index (χ3n) is 2.91. The maximum absolute atomic E-state index is 10.6. The molecule has 0 amide bonds. The molecule has 18 heavy (non-hydrogen) atoms. The molecule has 0 spiro atoms. The van der Waals surface area contributed by atoms with Gasteiger partial charge in [-0.05, 0) is 24.7 Å². The van der Waals surface area contributed by atoms with Crippen LogP contribution in [0.2, 0.25) is 0 Å². The van der Waals surface area contributed by atoms with Gasteiger partial charge >= 0.3 is 5.97 Å². The van der Waals surface area contributed by atoms with Crippen LogP contribution in [0, 0.1) is 0 Å². The number of aliphatic carboxylic acids is 1. The fourth-order valence-corrected chi connectivity index (χ4v) is 1.99. The van der Waals surface area contributed by atoms with Gasteiger partial charge in [0.2, 0.25) is 0 Å². The first kappa shape index (κ1) is 12.7. The first-order valence-electron chi connectivity index (χ1n) is 5.82. The van der Waals surface area contributed by atoms with E-state index in [9.17, 15) is 4.79 Å². The monoisotopic (exact) mass is 251 g/mol. The normalized spacial score (nSPS) is 16.1. The molecule has 1 heterocycles. The summed E-state index contributed by atoms with van der Waals surface area (Å²) >= 11 is 0. The van der Waals surface area contributed by atoms with Crippen molar-refractivity contribution in [1.29, 1.82) is 0 Å². The molecule has 0 bridgehead atoms. The highest BCUT2D eigenvalue weighted by Gasteiger charge is 2.25. The zero-order chi connectivity index (χ0) is 13.1. The summed E-state index contributed by atoms with van der Waals surface area (Å²) in [6, 6.07) is 5.25. The molecule has 98 valence electrons. The minimum Gasteiger partial charge on any atom is -0.493 e. The van der Waals surface area contributed by atoms with Crippen LogP contribution in [-0.2, 0) is 11.2 Å². The van der Waals surface area contributed by atoms with Crippen LogP contribution in [0.25, 0.3) is 0 Å². The van der Waals surface area contributed by atoms with E-state index in [4.69, 9.17) is 14.6 Å². The topological polar surface area (TPSA) is 59.0 Å². The van der Waals surface area contributed by atoms with Crippen LogP contribution in [-0.4, -0.2) is 49.3 Å². The minimum atomic E-state index is -0.855. The van der Waals surface area contributed by atoms with Gasteiger partial charge in [-0.1, -0.05) is 6.07 Å². The second-order valence-corrected chi connectivity index (χ2v) is 4.52. The van der Waals surface area contributed by atoms with Gasteiger partial charge in [0.15, 0.2) is 11.5 Å². The van der Waals surface area contributed by atoms with Crippen LogP contribution in [0.1, 0.15) is 5.56 Å². The number of nitrogens with zero attached hydrogens (tertiary/aromatic N) is 1. The number of carbonyl (C=O) groups is 1. The standard InChI is InChI=1S/C13H17NO4/c1-14-7-10(8-14)18-11-4-3-9(6-13(15)16)5-12(11)17-2/h3-5,10H,6-8H2,1-2H3,(H,15,16). The van der Waals surface area contributed by atoms with E-state index in [0.717, 1.165) is 13.1 Å². The van der Waals surface area contributed by atoms with Gasteiger partial charge < -0.3 is 14.6 Å². The Hall–Kier alpha value is -1.75. The van der Waals surface area contributed by atoms with Gasteiger partial charge in [-0.3, -0.25) is 9.69 Å². The summed E-state index contributed by atoms with van der Waals surface area (Å²) in [6.45, 7) is 1.81. The third-order valence-corrected chi connectivity index (χ3v) is 2.91. The molecule has 1 N–H and O–H groups in total. The molecule has 5 nitrogen and oxygen atoms in total. The van der Waals surface area contributed by atoms with Crippen molar-refractivity contribution < 1.29 is 19.4 Å². The Balaban J connectivity index is 2.07. The fraction of sp³-hybridized carbons (Fsp3) is 0.462. The van der Waals surface area contributed by atoms with Crippen LogP contribution < -0.4 is 9.47 Å². The number of hydrogen-bond acceptors (Lipinski definition) is 4. The lowest BCUT2D eigenvalue weighted by atomic mass is 10.1. The molecule has 1 aliphatic heterocycles. The number of carboxylic acids is 1. The maximum Gasteiger partial charge on any atom is 0.307 e. The Morgan fingerprint density at radius 2 is 2.17 bits per heavy atom. The van der Waals surface area contributed by atoms with E-state index in [-0.39, 0.29) is 12.5 Å². The molecule has 0 aliphatic carbocycles. The van der Waals surface area contributed by atoms with Crippen LogP contribution >= 0.6 is 0 Å². The molecule has 1 saturated heterocycles. The van der Waals surface area contributed by atoms with Crippen LogP contribution in [0.3, 0.4) is 0 Å². The summed E-state index contributed by atoms with van der Waals surface area (Å²) in [5.74, 6) is 0.402. The summed E-state index contributed by atoms with van der Waals surface area (Å²) in [4.78, 5) is 12.8. The summed E-state index contributed by atoms with van der Waals surface area (Å²) in [7, 11) is 3.59. The lowest BCUT2D eigenvalue weighted by Crippen LogP contribution is -2.51. The predicted molar refractivity (Wildman–Crippen MR) is 66.2 cm³/mol. The maximum atomic E-state index is 10.6. The first-order valence-corrected chi connectivity index (χ1v) is 5.82. The third kappa shape index (κ3) is 2.92. The van der Waals surface area contributed by atoms with Crippen LogP contribution in [0.15, 0.2) is 18.2 Å². The summed E-state index contributed by atoms with van der Waals surface area (Å²) in [5, 5.41) is 8.74. The molecule has 1 fully saturated rings. The summed E-state index contributed by atoms with van der Waals surface area (Å²) in [6.07, 6.45) is 0.178. The van der Waals surface area contributed by atoms with Crippen LogP contribution in [0.5, 0.6) is 11.5 Å². The molecule has 1 aliphatic rings. The zero-order valence-corrected chi connectivity index (χ0v) is 10.5. The number of benzene rings is 1. The Labute approximate surface area is 106 Å². The quantitative estimate of drug-likeness (QED) is 0.846. The summed E-state index contributed by atoms with van der Waals surface area (Å²) < 4.78 is 11.0. The van der Waals surface area contributed by atoms with Gasteiger partial charge in [-0.15, -0.1) is 0 Å². The van der Waals surface area contributed by atoms with Gasteiger partial charge in [0.25, 0.3) is 0 Å². The summed E-state index contributed by atoms with van der Waals surface area (Å²) in [5.41, 5.74) is 0.706. The number of carboxylic acid groups (broad SMARTS) is 1. The van der Waals surface area contributed by atoms with Crippen molar-refractivity contribution in [1.82, 2.24) is 4.90 Å². The largest absolute Gasteiger partial charge is 0.493 e. The van der Waals surface area contributed by atoms with Crippen molar-refractivity contribution in [2.45, 2.75) is 12.5 Å². The van der Waals surface area contributed by atoms with Gasteiger partial charge in [0.05, 0.1) is 13.5 Å². The highest BCUT2D eigenvalue weighted by Crippen LogP contribution is 2.30. The molecular formula is C13H17NO4. The Kier molecular flexibility index (Phi) is 3.72. The van der Waals surface area contributed by atoms with E-state index in [1.54, 1.807) is 25.3 Å². The van der Waals surface area contributed by atoms with E-state index in [1.165, 1.54) is 0 Å². The average molecular weight is 251 g/mol. The van der Waals surface area contributed by atoms with Crippen molar-refractivity contribution in [3.8, 4) is 11.5 Å². The zero-order valence-electron chi connectivity index (χ0n) is 10.5. The van der Waals surface area contributed by atoms with E-state index in [2.05, 4.69) is 4.90 Å². The second-order valence-electron chi connectivity index (χ2n) is 4.52. The average Bonchev–Trinajstić information content (AvgIpc) is 2.28. The van der Waals surface area contributed by atoms with Crippen molar-refractivity contribution in [2.24, 2.45) is 0 Å². The molecule has 0 aromatic heterocycles. The SMILES string of the molecule is COc1cc(CC(=O)O)ccc1OC1CN(C)C1. The van der Waals surface area contributed by atoms with E-state index >= 15 is 0 Å². The van der Waals surface area contributed by atoms with E-state index < -0.39 is 5.97 Å². The minimum absolute atomic E-state index is 0.0111. The van der Waals surface area contributed by atoms with Crippen molar-refractivity contribution >= 4 is 5.97 Å². The lowest BCUT2D eigenvalue weighted by Gasteiger charge is -2.36. The number of likely N-dealkylation sites (tertiary alicyclic amines) is 1. The molecule has 0 unspecified atom stereocenters. The van der Waals surface area contributed by atoms with Crippen molar-refractivity contribution in [2.75, 3.05) is 27.2 Å². The number of rotatable bonds is 5. The smallest absolute Gasteiger partial charge is 0.307 e. The van der Waals surface area contributed by atoms with E-state index in [1.807, 2.05) is 7.05 Å². The Morgan fingerprint density at radius 1 is 1.44 bits per heavy atom. The molecular weight excluding hydrogens is 234 g/mol. The van der Waals surface area contributed by atoms with Crippen molar-refractivity contribution in [3.05, 3.63) is 23.8 Å². The molecule has 1 aromatic carbocycles. The van der Waals surface area contributed by atoms with Gasteiger partial charge in [0.1, 0.15) is 6.10 Å². The Morgan fingerprint density at radius 3 is 2.72 bits per heavy atom. The first-order chi connectivity index (χ1) is 8.58. The van der Waals surface area contributed by atoms with Gasteiger partial charge in [-0.25, -0.2) is 0 Å². The molecule has 2 rings (SSSR count). The number of likely N-dealkylation sites (N-methyl/N-ethyl adjacent to an activating group) is 1.